The van der Waals surface area contributed by atoms with E-state index in [4.69, 9.17) is 0 Å². The third-order valence-corrected chi connectivity index (χ3v) is 7.46. The number of aliphatic imine (C=N–C) groups is 1. The largest absolute Gasteiger partial charge is 0.351 e. The summed E-state index contributed by atoms with van der Waals surface area (Å²) < 4.78 is 23.4. The molecule has 0 spiro atoms. The van der Waals surface area contributed by atoms with Crippen molar-refractivity contribution in [2.75, 3.05) is 25.9 Å². The lowest BCUT2D eigenvalue weighted by atomic mass is 10.2. The van der Waals surface area contributed by atoms with Crippen LogP contribution in [0, 0.1) is 0 Å². The van der Waals surface area contributed by atoms with Crippen LogP contribution in [0.5, 0.6) is 0 Å². The Kier molecular flexibility index (Phi) is 7.27. The molecule has 132 valence electrons. The normalized spacial score (nSPS) is 20.0. The molecule has 0 atom stereocenters. The van der Waals surface area contributed by atoms with Crippen molar-refractivity contribution in [2.24, 2.45) is 4.99 Å². The predicted molar refractivity (Wildman–Crippen MR) is 107 cm³/mol. The molecule has 0 aliphatic carbocycles. The first-order valence-electron chi connectivity index (χ1n) is 7.40. The van der Waals surface area contributed by atoms with Gasteiger partial charge in [-0.3, -0.25) is 4.99 Å². The number of aromatic nitrogens is 1. The zero-order valence-corrected chi connectivity index (χ0v) is 18.0. The maximum absolute atomic E-state index is 12.1. The second-order valence-corrected chi connectivity index (χ2v) is 9.67. The van der Waals surface area contributed by atoms with Gasteiger partial charge in [-0.1, -0.05) is 6.92 Å². The zero-order valence-electron chi connectivity index (χ0n) is 14.0. The third-order valence-electron chi connectivity index (χ3n) is 3.88. The number of nitrogens with one attached hydrogen (secondary N) is 1. The summed E-state index contributed by atoms with van der Waals surface area (Å²) in [5.41, 5.74) is 0.992. The number of rotatable bonds is 3. The van der Waals surface area contributed by atoms with Gasteiger partial charge in [0.25, 0.3) is 0 Å². The highest BCUT2D eigenvalue weighted by Crippen LogP contribution is 2.23. The zero-order chi connectivity index (χ0) is 16.4. The van der Waals surface area contributed by atoms with Crippen LogP contribution < -0.4 is 5.32 Å². The monoisotopic (exact) mass is 472 g/mol. The molecule has 0 amide bonds. The van der Waals surface area contributed by atoms with Crippen LogP contribution in [-0.2, 0) is 22.8 Å². The van der Waals surface area contributed by atoms with Crippen LogP contribution in [-0.4, -0.2) is 54.9 Å². The van der Waals surface area contributed by atoms with Gasteiger partial charge in [0.15, 0.2) is 15.8 Å². The lowest BCUT2D eigenvalue weighted by Gasteiger charge is -2.39. The molecule has 1 saturated heterocycles. The molecule has 1 N–H and O–H groups in total. The van der Waals surface area contributed by atoms with Crippen LogP contribution >= 0.6 is 35.3 Å². The fraction of sp³-hybridized carbons (Fsp3) is 0.714. The lowest BCUT2D eigenvalue weighted by Crippen LogP contribution is -2.57. The Bertz CT molecular complexity index is 655. The van der Waals surface area contributed by atoms with Crippen molar-refractivity contribution in [3.8, 4) is 0 Å². The van der Waals surface area contributed by atoms with Crippen LogP contribution in [0.1, 0.15) is 31.5 Å². The Morgan fingerprint density at radius 1 is 1.52 bits per heavy atom. The van der Waals surface area contributed by atoms with E-state index in [1.807, 2.05) is 10.3 Å². The minimum Gasteiger partial charge on any atom is -0.351 e. The maximum Gasteiger partial charge on any atom is 0.194 e. The van der Waals surface area contributed by atoms with Gasteiger partial charge in [-0.05, 0) is 20.3 Å². The van der Waals surface area contributed by atoms with Crippen molar-refractivity contribution in [2.45, 2.75) is 38.5 Å². The second-order valence-electron chi connectivity index (χ2n) is 5.99. The molecule has 1 aliphatic heterocycles. The lowest BCUT2D eigenvalue weighted by molar-refractivity contribution is 0.353. The molecular formula is C14H25IN4O2S2. The molecule has 1 aliphatic rings. The summed E-state index contributed by atoms with van der Waals surface area (Å²) in [6.07, 6.45) is 0.942. The van der Waals surface area contributed by atoms with Crippen molar-refractivity contribution in [3.05, 3.63) is 16.1 Å². The topological polar surface area (TPSA) is 74.7 Å². The summed E-state index contributed by atoms with van der Waals surface area (Å²) in [4.78, 5) is 10.8. The number of hydrogen-bond donors (Lipinski definition) is 1. The SMILES string of the molecule is CCc1nc(CNC(=NC)N2CCS(=O)(=O)C(C)(C)C2)cs1.I. The van der Waals surface area contributed by atoms with Crippen LogP contribution in [0.15, 0.2) is 10.4 Å². The molecule has 2 heterocycles. The number of guanidine groups is 1. The highest BCUT2D eigenvalue weighted by Gasteiger charge is 2.40. The summed E-state index contributed by atoms with van der Waals surface area (Å²) in [7, 11) is -1.32. The number of nitrogens with zero attached hydrogens (tertiary/aromatic N) is 3. The van der Waals surface area contributed by atoms with Gasteiger partial charge in [0.1, 0.15) is 0 Å². The van der Waals surface area contributed by atoms with Crippen molar-refractivity contribution < 1.29 is 8.42 Å². The van der Waals surface area contributed by atoms with E-state index >= 15 is 0 Å². The van der Waals surface area contributed by atoms with Crippen molar-refractivity contribution in [1.29, 1.82) is 0 Å². The Balaban J connectivity index is 0.00000264. The molecule has 0 bridgehead atoms. The smallest absolute Gasteiger partial charge is 0.194 e. The average molecular weight is 472 g/mol. The fourth-order valence-electron chi connectivity index (χ4n) is 2.42. The van der Waals surface area contributed by atoms with E-state index in [0.29, 0.717) is 19.6 Å². The first kappa shape index (κ1) is 20.6. The van der Waals surface area contributed by atoms with E-state index in [2.05, 4.69) is 22.2 Å². The average Bonchev–Trinajstić information content (AvgIpc) is 2.91. The minimum atomic E-state index is -3.04. The van der Waals surface area contributed by atoms with Crippen LogP contribution in [0.4, 0.5) is 0 Å². The fourth-order valence-corrected chi connectivity index (χ4v) is 4.53. The van der Waals surface area contributed by atoms with Gasteiger partial charge in [-0.15, -0.1) is 35.3 Å². The van der Waals surface area contributed by atoms with Gasteiger partial charge >= 0.3 is 0 Å². The van der Waals surface area contributed by atoms with Gasteiger partial charge in [0.2, 0.25) is 0 Å². The quantitative estimate of drug-likeness (QED) is 0.414. The van der Waals surface area contributed by atoms with E-state index < -0.39 is 14.6 Å². The van der Waals surface area contributed by atoms with Gasteiger partial charge < -0.3 is 10.2 Å². The van der Waals surface area contributed by atoms with Crippen LogP contribution in [0.3, 0.4) is 0 Å². The van der Waals surface area contributed by atoms with E-state index in [1.165, 1.54) is 0 Å². The molecule has 1 aromatic rings. The molecule has 2 rings (SSSR count). The molecule has 0 saturated carbocycles. The van der Waals surface area contributed by atoms with Crippen molar-refractivity contribution >= 4 is 51.1 Å². The summed E-state index contributed by atoms with van der Waals surface area (Å²) in [5, 5.41) is 6.45. The maximum atomic E-state index is 12.1. The summed E-state index contributed by atoms with van der Waals surface area (Å²) in [6.45, 7) is 7.17. The minimum absolute atomic E-state index is 0. The molecule has 1 fully saturated rings. The molecular weight excluding hydrogens is 447 g/mol. The van der Waals surface area contributed by atoms with E-state index in [0.717, 1.165) is 23.1 Å². The van der Waals surface area contributed by atoms with Crippen LogP contribution in [0.2, 0.25) is 0 Å². The highest BCUT2D eigenvalue weighted by atomic mass is 127. The Morgan fingerprint density at radius 3 is 2.74 bits per heavy atom. The standard InChI is InChI=1S/C14H24N4O2S2.HI/c1-5-12-17-11(9-21-12)8-16-13(15-4)18-6-7-22(19,20)14(2,3)10-18;/h9H,5-8,10H2,1-4H3,(H,15,16);1H. The van der Waals surface area contributed by atoms with Gasteiger partial charge in [0, 0.05) is 25.5 Å². The van der Waals surface area contributed by atoms with Gasteiger partial charge in [-0.2, -0.15) is 0 Å². The molecule has 0 aromatic carbocycles. The van der Waals surface area contributed by atoms with E-state index in [1.54, 1.807) is 32.2 Å². The van der Waals surface area contributed by atoms with E-state index in [-0.39, 0.29) is 29.7 Å². The highest BCUT2D eigenvalue weighted by molar-refractivity contribution is 14.0. The van der Waals surface area contributed by atoms with Crippen molar-refractivity contribution in [3.63, 3.8) is 0 Å². The number of hydrogen-bond acceptors (Lipinski definition) is 5. The molecule has 1 aromatic heterocycles. The summed E-state index contributed by atoms with van der Waals surface area (Å²) >= 11 is 1.66. The second kappa shape index (κ2) is 8.11. The van der Waals surface area contributed by atoms with E-state index in [9.17, 15) is 8.42 Å². The summed E-state index contributed by atoms with van der Waals surface area (Å²) in [6, 6.07) is 0. The predicted octanol–water partition coefficient (Wildman–Crippen LogP) is 1.91. The third kappa shape index (κ3) is 4.79. The first-order chi connectivity index (χ1) is 10.3. The molecule has 6 nitrogen and oxygen atoms in total. The number of halogens is 1. The summed E-state index contributed by atoms with van der Waals surface area (Å²) in [5.74, 6) is 0.895. The number of thiazole rings is 1. The number of sulfone groups is 1. The van der Waals surface area contributed by atoms with Gasteiger partial charge in [-0.25, -0.2) is 13.4 Å². The molecule has 9 heteroatoms. The van der Waals surface area contributed by atoms with Crippen LogP contribution in [0.25, 0.3) is 0 Å². The Hall–Kier alpha value is -0.420. The molecule has 0 unspecified atom stereocenters. The van der Waals surface area contributed by atoms with Gasteiger partial charge in [0.05, 0.1) is 27.7 Å². The Labute approximate surface area is 159 Å². The number of aryl methyl sites for hydroxylation is 1. The molecule has 23 heavy (non-hydrogen) atoms. The molecule has 0 radical (unpaired) electrons. The Morgan fingerprint density at radius 2 is 2.22 bits per heavy atom. The first-order valence-corrected chi connectivity index (χ1v) is 9.93. The van der Waals surface area contributed by atoms with Crippen molar-refractivity contribution in [1.82, 2.24) is 15.2 Å².